The van der Waals surface area contributed by atoms with Crippen LogP contribution in [0, 0.1) is 11.8 Å². The summed E-state index contributed by atoms with van der Waals surface area (Å²) in [6, 6.07) is 0.443. The molecule has 1 heterocycles. The summed E-state index contributed by atoms with van der Waals surface area (Å²) in [4.78, 5) is 12.1. The predicted octanol–water partition coefficient (Wildman–Crippen LogP) is 1.98. The maximum Gasteiger partial charge on any atom is 0.238 e. The fourth-order valence-corrected chi connectivity index (χ4v) is 3.93. The molecular weight excluding hydrogens is 232 g/mol. The Hall–Kier alpha value is -0.220. The fraction of sp³-hybridized carbons (Fsp3) is 0.923. The SMILES string of the molecule is CC(C)C1CCCCC1NC(=O)C1CSCN1. The molecule has 0 radical (unpaired) electrons. The lowest BCUT2D eigenvalue weighted by atomic mass is 9.78. The molecule has 0 aromatic heterocycles. The average Bonchev–Trinajstić information content (AvgIpc) is 2.83. The average molecular weight is 256 g/mol. The summed E-state index contributed by atoms with van der Waals surface area (Å²) in [5.41, 5.74) is 0. The third-order valence-corrected chi connectivity index (χ3v) is 4.98. The highest BCUT2D eigenvalue weighted by Gasteiger charge is 2.31. The first-order valence-electron chi connectivity index (χ1n) is 6.80. The van der Waals surface area contributed by atoms with E-state index in [1.807, 2.05) is 11.8 Å². The molecule has 2 rings (SSSR count). The Kier molecular flexibility index (Phi) is 4.74. The number of carbonyl (C=O) groups is 1. The van der Waals surface area contributed by atoms with Crippen LogP contribution in [0.2, 0.25) is 0 Å². The summed E-state index contributed by atoms with van der Waals surface area (Å²) in [6.07, 6.45) is 5.03. The lowest BCUT2D eigenvalue weighted by Gasteiger charge is -2.35. The molecule has 17 heavy (non-hydrogen) atoms. The van der Waals surface area contributed by atoms with Crippen LogP contribution in [0.3, 0.4) is 0 Å². The second kappa shape index (κ2) is 6.10. The fourth-order valence-electron chi connectivity index (χ4n) is 2.98. The minimum Gasteiger partial charge on any atom is -0.352 e. The molecule has 2 fully saturated rings. The van der Waals surface area contributed by atoms with Gasteiger partial charge in [-0.15, -0.1) is 11.8 Å². The first-order valence-corrected chi connectivity index (χ1v) is 7.95. The van der Waals surface area contributed by atoms with E-state index in [0.29, 0.717) is 17.9 Å². The maximum absolute atomic E-state index is 12.1. The van der Waals surface area contributed by atoms with E-state index in [-0.39, 0.29) is 11.9 Å². The molecule has 0 aromatic rings. The summed E-state index contributed by atoms with van der Waals surface area (Å²) in [7, 11) is 0. The zero-order valence-electron chi connectivity index (χ0n) is 10.9. The van der Waals surface area contributed by atoms with Crippen molar-refractivity contribution in [2.24, 2.45) is 11.8 Å². The van der Waals surface area contributed by atoms with Crippen LogP contribution in [0.4, 0.5) is 0 Å². The van der Waals surface area contributed by atoms with Gasteiger partial charge in [-0.3, -0.25) is 10.1 Å². The molecule has 1 saturated carbocycles. The van der Waals surface area contributed by atoms with Gasteiger partial charge in [-0.25, -0.2) is 0 Å². The molecule has 3 atom stereocenters. The lowest BCUT2D eigenvalue weighted by Crippen LogP contribution is -2.50. The number of rotatable bonds is 3. The molecule has 2 aliphatic rings. The van der Waals surface area contributed by atoms with E-state index in [1.165, 1.54) is 19.3 Å². The first-order chi connectivity index (χ1) is 8.18. The number of thioether (sulfide) groups is 1. The van der Waals surface area contributed by atoms with Gasteiger partial charge in [0.05, 0.1) is 6.04 Å². The van der Waals surface area contributed by atoms with E-state index in [2.05, 4.69) is 24.5 Å². The van der Waals surface area contributed by atoms with E-state index < -0.39 is 0 Å². The number of nitrogens with one attached hydrogen (secondary N) is 2. The Morgan fingerprint density at radius 3 is 2.76 bits per heavy atom. The van der Waals surface area contributed by atoms with Gasteiger partial charge in [0.2, 0.25) is 5.91 Å². The van der Waals surface area contributed by atoms with Crippen LogP contribution in [0.1, 0.15) is 39.5 Å². The van der Waals surface area contributed by atoms with Crippen molar-refractivity contribution < 1.29 is 4.79 Å². The molecule has 3 unspecified atom stereocenters. The Bertz CT molecular complexity index is 264. The van der Waals surface area contributed by atoms with Gasteiger partial charge in [-0.05, 0) is 24.7 Å². The molecule has 0 bridgehead atoms. The highest BCUT2D eigenvalue weighted by Crippen LogP contribution is 2.30. The molecule has 1 aliphatic carbocycles. The van der Waals surface area contributed by atoms with Gasteiger partial charge in [0.1, 0.15) is 0 Å². The van der Waals surface area contributed by atoms with E-state index in [1.54, 1.807) is 0 Å². The summed E-state index contributed by atoms with van der Waals surface area (Å²) in [6.45, 7) is 4.55. The number of hydrogen-bond acceptors (Lipinski definition) is 3. The highest BCUT2D eigenvalue weighted by atomic mass is 32.2. The lowest BCUT2D eigenvalue weighted by molar-refractivity contribution is -0.123. The Morgan fingerprint density at radius 1 is 1.35 bits per heavy atom. The standard InChI is InChI=1S/C13H24N2OS/c1-9(2)10-5-3-4-6-11(10)15-13(16)12-7-17-8-14-12/h9-12,14H,3-8H2,1-2H3,(H,15,16). The van der Waals surface area contributed by atoms with E-state index >= 15 is 0 Å². The second-order valence-electron chi connectivity index (χ2n) is 5.58. The van der Waals surface area contributed by atoms with Gasteiger partial charge in [-0.1, -0.05) is 26.7 Å². The number of carbonyl (C=O) groups excluding carboxylic acids is 1. The zero-order chi connectivity index (χ0) is 12.3. The van der Waals surface area contributed by atoms with E-state index in [9.17, 15) is 4.79 Å². The zero-order valence-corrected chi connectivity index (χ0v) is 11.7. The van der Waals surface area contributed by atoms with Crippen molar-refractivity contribution in [3.05, 3.63) is 0 Å². The van der Waals surface area contributed by atoms with Gasteiger partial charge < -0.3 is 5.32 Å². The largest absolute Gasteiger partial charge is 0.352 e. The van der Waals surface area contributed by atoms with E-state index in [4.69, 9.17) is 0 Å². The summed E-state index contributed by atoms with van der Waals surface area (Å²) in [5, 5.41) is 6.52. The Labute approximate surface area is 108 Å². The van der Waals surface area contributed by atoms with Crippen molar-refractivity contribution in [2.45, 2.75) is 51.6 Å². The van der Waals surface area contributed by atoms with Crippen LogP contribution in [-0.4, -0.2) is 29.6 Å². The van der Waals surface area contributed by atoms with Crippen molar-refractivity contribution >= 4 is 17.7 Å². The first kappa shape index (κ1) is 13.2. The van der Waals surface area contributed by atoms with Gasteiger partial charge in [-0.2, -0.15) is 0 Å². The van der Waals surface area contributed by atoms with Crippen molar-refractivity contribution in [3.63, 3.8) is 0 Å². The second-order valence-corrected chi connectivity index (χ2v) is 6.61. The topological polar surface area (TPSA) is 41.1 Å². The molecular formula is C13H24N2OS. The molecule has 1 amide bonds. The minimum atomic E-state index is 0.0368. The smallest absolute Gasteiger partial charge is 0.238 e. The monoisotopic (exact) mass is 256 g/mol. The third-order valence-electron chi connectivity index (χ3n) is 4.04. The molecule has 1 saturated heterocycles. The Morgan fingerprint density at radius 2 is 2.12 bits per heavy atom. The summed E-state index contributed by atoms with van der Waals surface area (Å²) in [5.74, 6) is 3.39. The molecule has 4 heteroatoms. The molecule has 0 aromatic carbocycles. The van der Waals surface area contributed by atoms with Crippen LogP contribution in [0.25, 0.3) is 0 Å². The predicted molar refractivity (Wildman–Crippen MR) is 73.0 cm³/mol. The van der Waals surface area contributed by atoms with Crippen LogP contribution in [-0.2, 0) is 4.79 Å². The van der Waals surface area contributed by atoms with Crippen molar-refractivity contribution in [3.8, 4) is 0 Å². The molecule has 1 aliphatic heterocycles. The molecule has 2 N–H and O–H groups in total. The number of hydrogen-bond donors (Lipinski definition) is 2. The third kappa shape index (κ3) is 3.38. The normalized spacial score (nSPS) is 33.9. The maximum atomic E-state index is 12.1. The highest BCUT2D eigenvalue weighted by molar-refractivity contribution is 7.99. The molecule has 98 valence electrons. The molecule has 3 nitrogen and oxygen atoms in total. The van der Waals surface area contributed by atoms with Gasteiger partial charge in [0.15, 0.2) is 0 Å². The van der Waals surface area contributed by atoms with Crippen molar-refractivity contribution in [1.82, 2.24) is 10.6 Å². The quantitative estimate of drug-likeness (QED) is 0.811. The minimum absolute atomic E-state index is 0.0368. The van der Waals surface area contributed by atoms with Crippen LogP contribution < -0.4 is 10.6 Å². The molecule has 0 spiro atoms. The Balaban J connectivity index is 1.88. The van der Waals surface area contributed by atoms with Crippen LogP contribution in [0.5, 0.6) is 0 Å². The van der Waals surface area contributed by atoms with Crippen molar-refractivity contribution in [2.75, 3.05) is 11.6 Å². The van der Waals surface area contributed by atoms with Crippen molar-refractivity contribution in [1.29, 1.82) is 0 Å². The summed E-state index contributed by atoms with van der Waals surface area (Å²) >= 11 is 1.81. The van der Waals surface area contributed by atoms with Crippen LogP contribution in [0.15, 0.2) is 0 Å². The van der Waals surface area contributed by atoms with Crippen LogP contribution >= 0.6 is 11.8 Å². The van der Waals surface area contributed by atoms with E-state index in [0.717, 1.165) is 18.1 Å². The van der Waals surface area contributed by atoms with Gasteiger partial charge in [0, 0.05) is 17.7 Å². The van der Waals surface area contributed by atoms with Gasteiger partial charge in [0.25, 0.3) is 0 Å². The van der Waals surface area contributed by atoms with Gasteiger partial charge >= 0.3 is 0 Å². The number of amides is 1. The summed E-state index contributed by atoms with van der Waals surface area (Å²) < 4.78 is 0.